The number of nitrogens with zero attached hydrogens (tertiary/aromatic N) is 2. The van der Waals surface area contributed by atoms with Crippen molar-refractivity contribution in [2.75, 3.05) is 7.05 Å². The van der Waals surface area contributed by atoms with Crippen LogP contribution in [-0.4, -0.2) is 29.1 Å². The van der Waals surface area contributed by atoms with E-state index in [0.717, 1.165) is 0 Å². The van der Waals surface area contributed by atoms with Crippen LogP contribution >= 0.6 is 23.7 Å². The lowest BCUT2D eigenvalue weighted by atomic mass is 10.2. The molecule has 0 aromatic carbocycles. The number of rotatable bonds is 6. The Morgan fingerprint density at radius 1 is 1.48 bits per heavy atom. The maximum absolute atomic E-state index is 11.9. The number of likely N-dealkylation sites (N-methyl/N-ethyl adjacent to an activating group) is 1. The third kappa shape index (κ3) is 4.80. The average molecular weight is 331 g/mol. The highest BCUT2D eigenvalue weighted by atomic mass is 35.5. The zero-order valence-electron chi connectivity index (χ0n) is 12.1. The Morgan fingerprint density at radius 2 is 2.24 bits per heavy atom. The minimum absolute atomic E-state index is 0. The van der Waals surface area contributed by atoms with E-state index < -0.39 is 0 Å². The largest absolute Gasteiger partial charge is 0.340 e. The van der Waals surface area contributed by atoms with Crippen molar-refractivity contribution in [3.63, 3.8) is 0 Å². The number of halogens is 1. The van der Waals surface area contributed by atoms with Crippen LogP contribution in [0.15, 0.2) is 22.0 Å². The molecule has 0 fully saturated rings. The lowest BCUT2D eigenvalue weighted by Crippen LogP contribution is -2.26. The molecule has 0 spiro atoms. The first-order valence-electron chi connectivity index (χ1n) is 6.44. The predicted molar refractivity (Wildman–Crippen MR) is 84.0 cm³/mol. The molecule has 8 heteroatoms. The minimum Gasteiger partial charge on any atom is -0.340 e. The molecule has 0 saturated heterocycles. The maximum Gasteiger partial charge on any atom is 0.261 e. The van der Waals surface area contributed by atoms with Crippen LogP contribution in [0.4, 0.5) is 0 Å². The van der Waals surface area contributed by atoms with Gasteiger partial charge in [-0.25, -0.2) is 0 Å². The monoisotopic (exact) mass is 330 g/mol. The smallest absolute Gasteiger partial charge is 0.261 e. The average Bonchev–Trinajstić information content (AvgIpc) is 3.09. The summed E-state index contributed by atoms with van der Waals surface area (Å²) in [6.45, 7) is 3.86. The van der Waals surface area contributed by atoms with E-state index in [0.29, 0.717) is 23.0 Å². The summed E-state index contributed by atoms with van der Waals surface area (Å²) in [7, 11) is 1.88. The van der Waals surface area contributed by atoms with Gasteiger partial charge in [0.1, 0.15) is 6.04 Å². The second-order valence-corrected chi connectivity index (χ2v) is 5.56. The quantitative estimate of drug-likeness (QED) is 0.848. The van der Waals surface area contributed by atoms with Gasteiger partial charge in [0.05, 0.1) is 4.88 Å². The molecule has 0 aliphatic heterocycles. The molecule has 1 amide bonds. The molecule has 0 aliphatic carbocycles. The van der Waals surface area contributed by atoms with Crippen LogP contribution in [0.2, 0.25) is 0 Å². The molecule has 0 bridgehead atoms. The number of nitrogens with one attached hydrogen (secondary N) is 2. The van der Waals surface area contributed by atoms with Crippen molar-refractivity contribution in [2.45, 2.75) is 32.4 Å². The highest BCUT2D eigenvalue weighted by Gasteiger charge is 2.18. The van der Waals surface area contributed by atoms with Gasteiger partial charge >= 0.3 is 0 Å². The molecule has 2 aromatic rings. The second kappa shape index (κ2) is 8.11. The van der Waals surface area contributed by atoms with Crippen molar-refractivity contribution in [1.82, 2.24) is 20.8 Å². The van der Waals surface area contributed by atoms with Gasteiger partial charge in [-0.05, 0) is 32.3 Å². The molecular weight excluding hydrogens is 312 g/mol. The summed E-state index contributed by atoms with van der Waals surface area (Å²) in [5.74, 6) is 0.933. The van der Waals surface area contributed by atoms with Crippen LogP contribution in [0.3, 0.4) is 0 Å². The van der Waals surface area contributed by atoms with Gasteiger partial charge in [0.2, 0.25) is 5.89 Å². The Labute approximate surface area is 133 Å². The van der Waals surface area contributed by atoms with E-state index in [1.165, 1.54) is 11.3 Å². The molecule has 0 saturated carbocycles. The van der Waals surface area contributed by atoms with E-state index in [2.05, 4.69) is 20.8 Å². The number of carbonyl (C=O) groups is 1. The van der Waals surface area contributed by atoms with Crippen molar-refractivity contribution in [3.05, 3.63) is 34.1 Å². The van der Waals surface area contributed by atoms with E-state index in [1.54, 1.807) is 6.07 Å². The SMILES string of the molecule is CNC(C)Cc1noc(C(C)NC(=O)c2cccs2)n1.Cl. The zero-order chi connectivity index (χ0) is 14.5. The van der Waals surface area contributed by atoms with Crippen LogP contribution in [-0.2, 0) is 6.42 Å². The summed E-state index contributed by atoms with van der Waals surface area (Å²) in [4.78, 5) is 16.9. The minimum atomic E-state index is -0.309. The highest BCUT2D eigenvalue weighted by molar-refractivity contribution is 7.12. The lowest BCUT2D eigenvalue weighted by molar-refractivity contribution is 0.0936. The molecule has 2 atom stereocenters. The van der Waals surface area contributed by atoms with Crippen molar-refractivity contribution in [2.24, 2.45) is 0 Å². The fourth-order valence-electron chi connectivity index (χ4n) is 1.64. The maximum atomic E-state index is 11.9. The van der Waals surface area contributed by atoms with E-state index in [-0.39, 0.29) is 30.4 Å². The van der Waals surface area contributed by atoms with Gasteiger partial charge in [-0.1, -0.05) is 11.2 Å². The Kier molecular flexibility index (Phi) is 6.80. The summed E-state index contributed by atoms with van der Waals surface area (Å²) in [5, 5.41) is 11.7. The molecule has 6 nitrogen and oxygen atoms in total. The van der Waals surface area contributed by atoms with Crippen molar-refractivity contribution in [3.8, 4) is 0 Å². The molecule has 0 aliphatic rings. The van der Waals surface area contributed by atoms with Gasteiger partial charge in [0.25, 0.3) is 5.91 Å². The van der Waals surface area contributed by atoms with Gasteiger partial charge in [-0.2, -0.15) is 4.98 Å². The zero-order valence-corrected chi connectivity index (χ0v) is 13.8. The molecule has 2 heterocycles. The molecule has 2 N–H and O–H groups in total. The van der Waals surface area contributed by atoms with Crippen molar-refractivity contribution >= 4 is 29.7 Å². The highest BCUT2D eigenvalue weighted by Crippen LogP contribution is 2.14. The van der Waals surface area contributed by atoms with Gasteiger partial charge in [0.15, 0.2) is 5.82 Å². The third-order valence-electron chi connectivity index (χ3n) is 2.93. The molecule has 2 unspecified atom stereocenters. The topological polar surface area (TPSA) is 80.0 Å². The molecule has 2 aromatic heterocycles. The van der Waals surface area contributed by atoms with Crippen LogP contribution in [0.5, 0.6) is 0 Å². The van der Waals surface area contributed by atoms with Gasteiger partial charge in [-0.3, -0.25) is 4.79 Å². The fraction of sp³-hybridized carbons (Fsp3) is 0.462. The van der Waals surface area contributed by atoms with Crippen LogP contribution < -0.4 is 10.6 Å². The second-order valence-electron chi connectivity index (χ2n) is 4.62. The Morgan fingerprint density at radius 3 is 2.86 bits per heavy atom. The Bertz CT molecular complexity index is 558. The number of aromatic nitrogens is 2. The van der Waals surface area contributed by atoms with Crippen LogP contribution in [0, 0.1) is 0 Å². The first-order valence-corrected chi connectivity index (χ1v) is 7.32. The summed E-state index contributed by atoms with van der Waals surface area (Å²) < 4.78 is 5.19. The summed E-state index contributed by atoms with van der Waals surface area (Å²) in [6.07, 6.45) is 0.686. The number of thiophene rings is 1. The van der Waals surface area contributed by atoms with Gasteiger partial charge in [0, 0.05) is 12.5 Å². The Hall–Kier alpha value is -1.44. The number of hydrogen-bond donors (Lipinski definition) is 2. The fourth-order valence-corrected chi connectivity index (χ4v) is 2.27. The molecule has 0 radical (unpaired) electrons. The lowest BCUT2D eigenvalue weighted by Gasteiger charge is -2.08. The third-order valence-corrected chi connectivity index (χ3v) is 3.80. The summed E-state index contributed by atoms with van der Waals surface area (Å²) >= 11 is 1.40. The first kappa shape index (κ1) is 17.6. The molecule has 21 heavy (non-hydrogen) atoms. The summed E-state index contributed by atoms with van der Waals surface area (Å²) in [5.41, 5.74) is 0. The van der Waals surface area contributed by atoms with Crippen molar-refractivity contribution in [1.29, 1.82) is 0 Å². The van der Waals surface area contributed by atoms with Crippen molar-refractivity contribution < 1.29 is 9.32 Å². The van der Waals surface area contributed by atoms with Gasteiger partial charge < -0.3 is 15.2 Å². The van der Waals surface area contributed by atoms with E-state index >= 15 is 0 Å². The van der Waals surface area contributed by atoms with E-state index in [4.69, 9.17) is 4.52 Å². The molecule has 2 rings (SSSR count). The van der Waals surface area contributed by atoms with Crippen LogP contribution in [0.1, 0.15) is 41.3 Å². The molecule has 116 valence electrons. The Balaban J connectivity index is 0.00000220. The number of amides is 1. The first-order chi connectivity index (χ1) is 9.60. The number of carbonyl (C=O) groups excluding carboxylic acids is 1. The van der Waals surface area contributed by atoms with E-state index in [1.807, 2.05) is 32.3 Å². The van der Waals surface area contributed by atoms with Gasteiger partial charge in [-0.15, -0.1) is 23.7 Å². The van der Waals surface area contributed by atoms with Crippen LogP contribution in [0.25, 0.3) is 0 Å². The standard InChI is InChI=1S/C13H18N4O2S.ClH/c1-8(14-3)7-11-16-13(19-17-11)9(2)15-12(18)10-5-4-6-20-10;/h4-6,8-9,14H,7H2,1-3H3,(H,15,18);1H. The summed E-state index contributed by atoms with van der Waals surface area (Å²) in [6, 6.07) is 3.58. The number of hydrogen-bond acceptors (Lipinski definition) is 6. The molecular formula is C13H19ClN4O2S. The van der Waals surface area contributed by atoms with E-state index in [9.17, 15) is 4.79 Å². The normalized spacial score (nSPS) is 13.3. The predicted octanol–water partition coefficient (Wildman–Crippen LogP) is 2.19.